The van der Waals surface area contributed by atoms with Crippen LogP contribution in [0, 0.1) is 0 Å². The summed E-state index contributed by atoms with van der Waals surface area (Å²) >= 11 is 9.07. The Morgan fingerprint density at radius 3 is 2.89 bits per heavy atom. The first-order valence-corrected chi connectivity index (χ1v) is 8.67. The second-order valence-electron chi connectivity index (χ2n) is 4.44. The average molecular weight is 369 g/mol. The van der Waals surface area contributed by atoms with E-state index < -0.39 is 10.0 Å². The molecule has 1 saturated heterocycles. The quantitative estimate of drug-likeness (QED) is 0.771. The summed E-state index contributed by atoms with van der Waals surface area (Å²) in [5.41, 5.74) is 0.782. The highest BCUT2D eigenvalue weighted by molar-refractivity contribution is 9.10. The number of nitrogens with zero attached hydrogens (tertiary/aromatic N) is 1. The summed E-state index contributed by atoms with van der Waals surface area (Å²) in [6.07, 6.45) is 0. The number of ether oxygens (including phenoxy) is 1. The third-order valence-electron chi connectivity index (χ3n) is 3.04. The zero-order chi connectivity index (χ0) is 14.0. The highest BCUT2D eigenvalue weighted by Crippen LogP contribution is 2.28. The Morgan fingerprint density at radius 2 is 2.26 bits per heavy atom. The summed E-state index contributed by atoms with van der Waals surface area (Å²) in [6.45, 7) is 3.07. The van der Waals surface area contributed by atoms with Gasteiger partial charge in [-0.2, -0.15) is 4.31 Å². The standard InChI is InChI=1S/C12H15BrClNO3S/c1-9-8-18-5-4-15(9)19(16,17)12-6-10(7-14)2-3-11(12)13/h2-3,6,9H,4-5,7-8H2,1H3. The molecule has 7 heteroatoms. The molecule has 0 aromatic heterocycles. The molecule has 0 amide bonds. The number of alkyl halides is 1. The smallest absolute Gasteiger partial charge is 0.244 e. The first kappa shape index (κ1) is 15.3. The second-order valence-corrected chi connectivity index (χ2v) is 7.42. The van der Waals surface area contributed by atoms with Crippen molar-refractivity contribution in [2.75, 3.05) is 19.8 Å². The number of sulfonamides is 1. The molecule has 106 valence electrons. The van der Waals surface area contributed by atoms with Gasteiger partial charge in [-0.05, 0) is 40.5 Å². The van der Waals surface area contributed by atoms with Gasteiger partial charge in [0.15, 0.2) is 0 Å². The van der Waals surface area contributed by atoms with Crippen LogP contribution in [0.1, 0.15) is 12.5 Å². The molecule has 1 aromatic rings. The van der Waals surface area contributed by atoms with Crippen LogP contribution in [0.25, 0.3) is 0 Å². The lowest BCUT2D eigenvalue weighted by Gasteiger charge is -2.32. The van der Waals surface area contributed by atoms with Crippen molar-refractivity contribution < 1.29 is 13.2 Å². The zero-order valence-corrected chi connectivity index (χ0v) is 13.6. The van der Waals surface area contributed by atoms with Crippen LogP contribution in [-0.4, -0.2) is 38.5 Å². The molecule has 0 saturated carbocycles. The molecule has 0 radical (unpaired) electrons. The topological polar surface area (TPSA) is 46.6 Å². The average Bonchev–Trinajstić information content (AvgIpc) is 2.39. The number of halogens is 2. The van der Waals surface area contributed by atoms with Gasteiger partial charge in [-0.15, -0.1) is 11.6 Å². The number of benzene rings is 1. The van der Waals surface area contributed by atoms with Gasteiger partial charge in [0, 0.05) is 22.9 Å². The third kappa shape index (κ3) is 3.13. The number of hydrogen-bond donors (Lipinski definition) is 0. The maximum Gasteiger partial charge on any atom is 0.244 e. The van der Waals surface area contributed by atoms with E-state index in [1.165, 1.54) is 4.31 Å². The summed E-state index contributed by atoms with van der Waals surface area (Å²) in [4.78, 5) is 0.263. The Balaban J connectivity index is 2.43. The molecule has 0 spiro atoms. The minimum atomic E-state index is -3.53. The third-order valence-corrected chi connectivity index (χ3v) is 6.36. The summed E-state index contributed by atoms with van der Waals surface area (Å²) in [5, 5.41) is 0. The predicted octanol–water partition coefficient (Wildman–Crippen LogP) is 2.60. The van der Waals surface area contributed by atoms with Gasteiger partial charge in [-0.3, -0.25) is 0 Å². The first-order chi connectivity index (χ1) is 8.96. The molecule has 0 aliphatic carbocycles. The van der Waals surface area contributed by atoms with E-state index in [0.717, 1.165) is 5.56 Å². The Labute approximate surface area is 126 Å². The normalized spacial score (nSPS) is 21.5. The molecule has 0 bridgehead atoms. The van der Waals surface area contributed by atoms with Crippen LogP contribution in [0.4, 0.5) is 0 Å². The summed E-state index contributed by atoms with van der Waals surface area (Å²) < 4.78 is 32.7. The van der Waals surface area contributed by atoms with Gasteiger partial charge in [0.2, 0.25) is 10.0 Å². The highest BCUT2D eigenvalue weighted by atomic mass is 79.9. The van der Waals surface area contributed by atoms with Gasteiger partial charge in [0.05, 0.1) is 18.1 Å². The summed E-state index contributed by atoms with van der Waals surface area (Å²) in [6, 6.07) is 4.98. The molecule has 1 aromatic carbocycles. The van der Waals surface area contributed by atoms with Crippen molar-refractivity contribution >= 4 is 37.6 Å². The Bertz CT molecular complexity index is 564. The van der Waals surface area contributed by atoms with Crippen molar-refractivity contribution in [3.8, 4) is 0 Å². The van der Waals surface area contributed by atoms with Crippen molar-refractivity contribution in [1.29, 1.82) is 0 Å². The van der Waals surface area contributed by atoms with E-state index in [4.69, 9.17) is 16.3 Å². The van der Waals surface area contributed by atoms with Crippen molar-refractivity contribution in [2.24, 2.45) is 0 Å². The molecular weight excluding hydrogens is 354 g/mol. The van der Waals surface area contributed by atoms with E-state index >= 15 is 0 Å². The number of morpholine rings is 1. The predicted molar refractivity (Wildman–Crippen MR) is 77.9 cm³/mol. The number of hydrogen-bond acceptors (Lipinski definition) is 3. The SMILES string of the molecule is CC1COCCN1S(=O)(=O)c1cc(CCl)ccc1Br. The van der Waals surface area contributed by atoms with Gasteiger partial charge in [-0.25, -0.2) is 8.42 Å². The Hall–Kier alpha value is -0.140. The van der Waals surface area contributed by atoms with E-state index in [1.54, 1.807) is 18.2 Å². The lowest BCUT2D eigenvalue weighted by Crippen LogP contribution is -2.47. The molecule has 1 unspecified atom stereocenters. The van der Waals surface area contributed by atoms with Crippen LogP contribution < -0.4 is 0 Å². The maximum atomic E-state index is 12.7. The molecule has 1 atom stereocenters. The highest BCUT2D eigenvalue weighted by Gasteiger charge is 2.32. The molecule has 1 heterocycles. The largest absolute Gasteiger partial charge is 0.378 e. The lowest BCUT2D eigenvalue weighted by molar-refractivity contribution is 0.0392. The van der Waals surface area contributed by atoms with Crippen LogP contribution in [-0.2, 0) is 20.6 Å². The minimum absolute atomic E-state index is 0.162. The van der Waals surface area contributed by atoms with Crippen LogP contribution in [0.15, 0.2) is 27.6 Å². The minimum Gasteiger partial charge on any atom is -0.378 e. The van der Waals surface area contributed by atoms with Gasteiger partial charge >= 0.3 is 0 Å². The Morgan fingerprint density at radius 1 is 1.53 bits per heavy atom. The molecule has 1 aliphatic heterocycles. The molecule has 1 aliphatic rings. The molecule has 0 N–H and O–H groups in total. The van der Waals surface area contributed by atoms with E-state index in [-0.39, 0.29) is 16.8 Å². The Kier molecular flexibility index (Phi) is 4.89. The fourth-order valence-corrected chi connectivity index (χ4v) is 4.77. The molecular formula is C12H15BrClNO3S. The van der Waals surface area contributed by atoms with Gasteiger partial charge in [0.1, 0.15) is 0 Å². The zero-order valence-electron chi connectivity index (χ0n) is 10.5. The van der Waals surface area contributed by atoms with Crippen LogP contribution >= 0.6 is 27.5 Å². The van der Waals surface area contributed by atoms with Crippen LogP contribution in [0.5, 0.6) is 0 Å². The van der Waals surface area contributed by atoms with Crippen molar-refractivity contribution in [2.45, 2.75) is 23.7 Å². The summed E-state index contributed by atoms with van der Waals surface area (Å²) in [7, 11) is -3.53. The number of rotatable bonds is 3. The van der Waals surface area contributed by atoms with E-state index in [2.05, 4.69) is 15.9 Å². The molecule has 1 fully saturated rings. The van der Waals surface area contributed by atoms with Crippen LogP contribution in [0.3, 0.4) is 0 Å². The summed E-state index contributed by atoms with van der Waals surface area (Å²) in [5.74, 6) is 0.286. The van der Waals surface area contributed by atoms with E-state index in [0.29, 0.717) is 24.2 Å². The van der Waals surface area contributed by atoms with Gasteiger partial charge < -0.3 is 4.74 Å². The van der Waals surface area contributed by atoms with E-state index in [1.807, 2.05) is 6.92 Å². The maximum absolute atomic E-state index is 12.7. The van der Waals surface area contributed by atoms with Crippen molar-refractivity contribution in [3.05, 3.63) is 28.2 Å². The fourth-order valence-electron chi connectivity index (χ4n) is 2.02. The fraction of sp³-hybridized carbons (Fsp3) is 0.500. The van der Waals surface area contributed by atoms with Crippen LogP contribution in [0.2, 0.25) is 0 Å². The molecule has 2 rings (SSSR count). The van der Waals surface area contributed by atoms with Gasteiger partial charge in [0.25, 0.3) is 0 Å². The first-order valence-electron chi connectivity index (χ1n) is 5.91. The molecule has 19 heavy (non-hydrogen) atoms. The molecule has 4 nitrogen and oxygen atoms in total. The van der Waals surface area contributed by atoms with E-state index in [9.17, 15) is 8.42 Å². The van der Waals surface area contributed by atoms with Crippen molar-refractivity contribution in [3.63, 3.8) is 0 Å². The monoisotopic (exact) mass is 367 g/mol. The lowest BCUT2D eigenvalue weighted by atomic mass is 10.2. The van der Waals surface area contributed by atoms with Gasteiger partial charge in [-0.1, -0.05) is 6.07 Å². The van der Waals surface area contributed by atoms with Crippen molar-refractivity contribution in [1.82, 2.24) is 4.31 Å². The second kappa shape index (κ2) is 6.10.